The Labute approximate surface area is 151 Å². The number of pyridine rings is 1. The van der Waals surface area contributed by atoms with Crippen molar-refractivity contribution in [3.05, 3.63) is 29.7 Å². The monoisotopic (exact) mass is 379 g/mol. The van der Waals surface area contributed by atoms with Crippen LogP contribution in [0.5, 0.6) is 5.88 Å². The number of carbonyl (C=O) groups excluding carboxylic acids is 1. The molecule has 10 heteroatoms. The number of imidazole rings is 1. The lowest BCUT2D eigenvalue weighted by Crippen LogP contribution is -2.48. The van der Waals surface area contributed by atoms with Crippen LogP contribution in [0.2, 0.25) is 0 Å². The van der Waals surface area contributed by atoms with E-state index in [1.54, 1.807) is 31.2 Å². The minimum absolute atomic E-state index is 0.261. The summed E-state index contributed by atoms with van der Waals surface area (Å²) in [7, 11) is -1.89. The smallest absolute Gasteiger partial charge is 0.240 e. The van der Waals surface area contributed by atoms with Gasteiger partial charge in [-0.1, -0.05) is 0 Å². The van der Waals surface area contributed by atoms with E-state index in [1.165, 1.54) is 0 Å². The van der Waals surface area contributed by atoms with Crippen molar-refractivity contribution in [3.8, 4) is 17.3 Å². The number of ether oxygens (including phenoxy) is 1. The molecule has 0 saturated heterocycles. The predicted octanol–water partition coefficient (Wildman–Crippen LogP) is 0.303. The highest BCUT2D eigenvalue weighted by Crippen LogP contribution is 2.23. The third-order valence-corrected chi connectivity index (χ3v) is 4.91. The van der Waals surface area contributed by atoms with Crippen molar-refractivity contribution < 1.29 is 17.9 Å². The molecule has 0 saturated carbocycles. The SMILES string of the molecule is COc1ccc(-c2nc3c([nH]2)CN(C(=O)C(C)NS(C)(=O)=O)CC3)cn1. The Morgan fingerprint density at radius 1 is 1.42 bits per heavy atom. The van der Waals surface area contributed by atoms with Gasteiger partial charge in [-0.05, 0) is 13.0 Å². The molecule has 0 spiro atoms. The molecule has 1 atom stereocenters. The van der Waals surface area contributed by atoms with Crippen molar-refractivity contribution in [2.75, 3.05) is 19.9 Å². The zero-order valence-electron chi connectivity index (χ0n) is 14.8. The number of fused-ring (bicyclic) bond motifs is 1. The first kappa shape index (κ1) is 18.3. The summed E-state index contributed by atoms with van der Waals surface area (Å²) < 4.78 is 30.0. The van der Waals surface area contributed by atoms with Crippen LogP contribution in [0.25, 0.3) is 11.4 Å². The molecule has 0 radical (unpaired) electrons. The fraction of sp³-hybridized carbons (Fsp3) is 0.438. The van der Waals surface area contributed by atoms with Gasteiger partial charge in [0.15, 0.2) is 0 Å². The molecule has 0 aliphatic carbocycles. The molecule has 9 nitrogen and oxygen atoms in total. The molecular formula is C16H21N5O4S. The lowest BCUT2D eigenvalue weighted by atomic mass is 10.1. The second-order valence-corrected chi connectivity index (χ2v) is 8.00. The minimum Gasteiger partial charge on any atom is -0.481 e. The van der Waals surface area contributed by atoms with Gasteiger partial charge in [-0.2, -0.15) is 0 Å². The van der Waals surface area contributed by atoms with Crippen molar-refractivity contribution in [3.63, 3.8) is 0 Å². The van der Waals surface area contributed by atoms with Crippen molar-refractivity contribution in [2.45, 2.75) is 25.9 Å². The van der Waals surface area contributed by atoms with E-state index >= 15 is 0 Å². The van der Waals surface area contributed by atoms with Gasteiger partial charge in [0.05, 0.1) is 37.3 Å². The summed E-state index contributed by atoms with van der Waals surface area (Å²) in [5.74, 6) is 0.944. The van der Waals surface area contributed by atoms with Gasteiger partial charge in [0.1, 0.15) is 5.82 Å². The molecule has 2 aromatic rings. The fourth-order valence-corrected chi connectivity index (χ4v) is 3.65. The van der Waals surface area contributed by atoms with E-state index in [0.29, 0.717) is 31.2 Å². The lowest BCUT2D eigenvalue weighted by Gasteiger charge is -2.28. The zero-order valence-corrected chi connectivity index (χ0v) is 15.6. The average Bonchev–Trinajstić information content (AvgIpc) is 3.02. The van der Waals surface area contributed by atoms with Gasteiger partial charge < -0.3 is 14.6 Å². The maximum absolute atomic E-state index is 12.5. The molecule has 140 valence electrons. The highest BCUT2D eigenvalue weighted by molar-refractivity contribution is 7.88. The summed E-state index contributed by atoms with van der Waals surface area (Å²) in [5.41, 5.74) is 2.58. The summed E-state index contributed by atoms with van der Waals surface area (Å²) in [6.07, 6.45) is 3.31. The van der Waals surface area contributed by atoms with E-state index in [0.717, 1.165) is 23.2 Å². The minimum atomic E-state index is -3.44. The molecule has 26 heavy (non-hydrogen) atoms. The Morgan fingerprint density at radius 2 is 2.19 bits per heavy atom. The van der Waals surface area contributed by atoms with Crippen molar-refractivity contribution >= 4 is 15.9 Å². The first-order valence-corrected chi connectivity index (χ1v) is 10.00. The highest BCUT2D eigenvalue weighted by atomic mass is 32.2. The van der Waals surface area contributed by atoms with Gasteiger partial charge in [0.25, 0.3) is 0 Å². The van der Waals surface area contributed by atoms with Gasteiger partial charge in [-0.25, -0.2) is 23.1 Å². The number of nitrogens with zero attached hydrogens (tertiary/aromatic N) is 3. The molecule has 2 N–H and O–H groups in total. The Morgan fingerprint density at radius 3 is 2.81 bits per heavy atom. The molecule has 2 aromatic heterocycles. The fourth-order valence-electron chi connectivity index (χ4n) is 2.91. The molecule has 3 heterocycles. The highest BCUT2D eigenvalue weighted by Gasteiger charge is 2.28. The van der Waals surface area contributed by atoms with Crippen LogP contribution in [0.15, 0.2) is 18.3 Å². The third-order valence-electron chi connectivity index (χ3n) is 4.12. The van der Waals surface area contributed by atoms with E-state index in [1.807, 2.05) is 6.07 Å². The molecule has 1 amide bonds. The first-order valence-electron chi connectivity index (χ1n) is 8.11. The van der Waals surface area contributed by atoms with E-state index in [-0.39, 0.29) is 5.91 Å². The van der Waals surface area contributed by atoms with Gasteiger partial charge in [-0.3, -0.25) is 4.79 Å². The lowest BCUT2D eigenvalue weighted by molar-refractivity contribution is -0.133. The van der Waals surface area contributed by atoms with Crippen molar-refractivity contribution in [2.24, 2.45) is 0 Å². The van der Waals surface area contributed by atoms with Gasteiger partial charge in [-0.15, -0.1) is 0 Å². The maximum atomic E-state index is 12.5. The number of aromatic nitrogens is 3. The van der Waals surface area contributed by atoms with Crippen molar-refractivity contribution in [1.82, 2.24) is 24.6 Å². The summed E-state index contributed by atoms with van der Waals surface area (Å²) in [6.45, 7) is 2.40. The number of carbonyl (C=O) groups is 1. The standard InChI is InChI=1S/C16H21N5O4S/c1-10(20-26(3,23)24)16(22)21-7-6-12-13(9-21)19-15(18-12)11-4-5-14(25-2)17-8-11/h4-5,8,10,20H,6-7,9H2,1-3H3,(H,18,19). The zero-order chi connectivity index (χ0) is 18.9. The van der Waals surface area contributed by atoms with Crippen LogP contribution in [0.3, 0.4) is 0 Å². The third kappa shape index (κ3) is 4.02. The van der Waals surface area contributed by atoms with Gasteiger partial charge >= 0.3 is 0 Å². The number of amides is 1. The number of aromatic amines is 1. The molecule has 1 aliphatic heterocycles. The van der Waals surface area contributed by atoms with Gasteiger partial charge in [0, 0.05) is 30.8 Å². The number of hydrogen-bond donors (Lipinski definition) is 2. The summed E-state index contributed by atoms with van der Waals surface area (Å²) in [4.78, 5) is 26.1. The molecule has 3 rings (SSSR count). The van der Waals surface area contributed by atoms with Crippen molar-refractivity contribution in [1.29, 1.82) is 0 Å². The second-order valence-electron chi connectivity index (χ2n) is 6.22. The van der Waals surface area contributed by atoms with Gasteiger partial charge in [0.2, 0.25) is 21.8 Å². The quantitative estimate of drug-likeness (QED) is 0.772. The molecule has 0 bridgehead atoms. The number of hydrogen-bond acceptors (Lipinski definition) is 6. The van der Waals surface area contributed by atoms with Crippen LogP contribution in [-0.4, -0.2) is 60.1 Å². The van der Waals surface area contributed by atoms with Crippen LogP contribution in [-0.2, 0) is 27.8 Å². The summed E-state index contributed by atoms with van der Waals surface area (Å²) in [5, 5.41) is 0. The molecule has 0 fully saturated rings. The number of sulfonamides is 1. The summed E-state index contributed by atoms with van der Waals surface area (Å²) >= 11 is 0. The Kier molecular flexibility index (Phi) is 4.97. The Bertz CT molecular complexity index is 907. The van der Waals surface area contributed by atoms with Crippen LogP contribution >= 0.6 is 0 Å². The molecule has 1 aliphatic rings. The van der Waals surface area contributed by atoms with Crippen LogP contribution in [0.1, 0.15) is 18.3 Å². The van der Waals surface area contributed by atoms with Crippen LogP contribution in [0.4, 0.5) is 0 Å². The van der Waals surface area contributed by atoms with E-state index in [9.17, 15) is 13.2 Å². The number of nitrogens with one attached hydrogen (secondary N) is 2. The predicted molar refractivity (Wildman–Crippen MR) is 94.9 cm³/mol. The number of H-pyrrole nitrogens is 1. The van der Waals surface area contributed by atoms with Crippen LogP contribution in [0, 0.1) is 0 Å². The van der Waals surface area contributed by atoms with E-state index in [2.05, 4.69) is 19.7 Å². The molecule has 1 unspecified atom stereocenters. The average molecular weight is 379 g/mol. The second kappa shape index (κ2) is 7.04. The van der Waals surface area contributed by atoms with Crippen LogP contribution < -0.4 is 9.46 Å². The summed E-state index contributed by atoms with van der Waals surface area (Å²) in [6, 6.07) is 2.81. The molecular weight excluding hydrogens is 358 g/mol. The Hall–Kier alpha value is -2.46. The van der Waals surface area contributed by atoms with E-state index in [4.69, 9.17) is 4.74 Å². The topological polar surface area (TPSA) is 117 Å². The maximum Gasteiger partial charge on any atom is 0.240 e. The number of rotatable bonds is 5. The largest absolute Gasteiger partial charge is 0.481 e. The first-order chi connectivity index (χ1) is 12.3. The normalized spacial score (nSPS) is 15.4. The molecule has 0 aromatic carbocycles. The van der Waals surface area contributed by atoms with E-state index < -0.39 is 16.1 Å². The number of methoxy groups -OCH3 is 1. The Balaban J connectivity index is 1.74.